The van der Waals surface area contributed by atoms with Crippen LogP contribution in [0.25, 0.3) is 0 Å². The van der Waals surface area contributed by atoms with Gasteiger partial charge in [-0.05, 0) is 37.1 Å². The van der Waals surface area contributed by atoms with Gasteiger partial charge >= 0.3 is 0 Å². The zero-order chi connectivity index (χ0) is 12.7. The quantitative estimate of drug-likeness (QED) is 0.819. The number of hydrogen-bond donors (Lipinski definition) is 2. The van der Waals surface area contributed by atoms with E-state index in [4.69, 9.17) is 17.3 Å². The first-order valence-corrected chi connectivity index (χ1v) is 6.23. The molecule has 0 heterocycles. The highest BCUT2D eigenvalue weighted by atomic mass is 35.5. The topological polar surface area (TPSA) is 55.1 Å². The molecule has 0 aliphatic heterocycles. The van der Waals surface area contributed by atoms with Gasteiger partial charge in [0.25, 0.3) is 0 Å². The van der Waals surface area contributed by atoms with Crippen LogP contribution in [0.4, 0.5) is 0 Å². The number of halogens is 1. The Labute approximate surface area is 107 Å². The molecule has 0 radical (unpaired) electrons. The van der Waals surface area contributed by atoms with E-state index in [1.807, 2.05) is 31.2 Å². The van der Waals surface area contributed by atoms with E-state index >= 15 is 0 Å². The Hall–Kier alpha value is -1.06. The fourth-order valence-electron chi connectivity index (χ4n) is 1.57. The molecule has 1 unspecified atom stereocenters. The van der Waals surface area contributed by atoms with E-state index in [9.17, 15) is 4.79 Å². The molecule has 0 saturated heterocycles. The van der Waals surface area contributed by atoms with E-state index in [1.54, 1.807) is 0 Å². The van der Waals surface area contributed by atoms with Gasteiger partial charge in [-0.1, -0.05) is 30.7 Å². The van der Waals surface area contributed by atoms with Crippen LogP contribution >= 0.6 is 11.6 Å². The molecule has 3 nitrogen and oxygen atoms in total. The van der Waals surface area contributed by atoms with Crippen molar-refractivity contribution in [1.82, 2.24) is 5.32 Å². The summed E-state index contributed by atoms with van der Waals surface area (Å²) in [4.78, 5) is 11.7. The minimum Gasteiger partial charge on any atom is -0.352 e. The average Bonchev–Trinajstić information content (AvgIpc) is 2.33. The fourth-order valence-corrected chi connectivity index (χ4v) is 1.78. The molecule has 0 fully saturated rings. The number of nitrogens with two attached hydrogens (primary N) is 1. The summed E-state index contributed by atoms with van der Waals surface area (Å²) in [5, 5.41) is 3.58. The minimum atomic E-state index is 0.0118. The van der Waals surface area contributed by atoms with E-state index in [2.05, 4.69) is 5.32 Å². The summed E-state index contributed by atoms with van der Waals surface area (Å²) >= 11 is 5.86. The standard InChI is InChI=1S/C13H19ClN2O/c1-10(4-3-7-15)13(17)16-9-11-5-2-6-12(14)8-11/h2,5-6,8,10H,3-4,7,9,15H2,1H3,(H,16,17). The predicted octanol–water partition coefficient (Wildman–Crippen LogP) is 2.33. The first-order valence-electron chi connectivity index (χ1n) is 5.85. The van der Waals surface area contributed by atoms with E-state index < -0.39 is 0 Å². The highest BCUT2D eigenvalue weighted by Crippen LogP contribution is 2.11. The van der Waals surface area contributed by atoms with Gasteiger partial charge in [0.2, 0.25) is 5.91 Å². The molecule has 4 heteroatoms. The van der Waals surface area contributed by atoms with Gasteiger partial charge in [0.15, 0.2) is 0 Å². The number of amides is 1. The molecule has 1 rings (SSSR count). The Bertz CT molecular complexity index is 368. The number of nitrogens with one attached hydrogen (secondary N) is 1. The van der Waals surface area contributed by atoms with Crippen molar-refractivity contribution in [3.8, 4) is 0 Å². The van der Waals surface area contributed by atoms with Crippen molar-refractivity contribution in [3.05, 3.63) is 34.9 Å². The van der Waals surface area contributed by atoms with Crippen LogP contribution in [-0.4, -0.2) is 12.5 Å². The maximum absolute atomic E-state index is 11.7. The van der Waals surface area contributed by atoms with Crippen LogP contribution in [-0.2, 0) is 11.3 Å². The van der Waals surface area contributed by atoms with Gasteiger partial charge in [0, 0.05) is 17.5 Å². The lowest BCUT2D eigenvalue weighted by Gasteiger charge is -2.11. The van der Waals surface area contributed by atoms with E-state index in [-0.39, 0.29) is 11.8 Å². The van der Waals surface area contributed by atoms with Gasteiger partial charge in [0.1, 0.15) is 0 Å². The van der Waals surface area contributed by atoms with Gasteiger partial charge in [-0.15, -0.1) is 0 Å². The summed E-state index contributed by atoms with van der Waals surface area (Å²) in [6.07, 6.45) is 1.71. The Morgan fingerprint density at radius 3 is 2.94 bits per heavy atom. The zero-order valence-corrected chi connectivity index (χ0v) is 10.8. The Kier molecular flexibility index (Phi) is 6.01. The first-order chi connectivity index (χ1) is 8.13. The van der Waals surface area contributed by atoms with Gasteiger partial charge in [0.05, 0.1) is 0 Å². The molecule has 0 aliphatic carbocycles. The Morgan fingerprint density at radius 1 is 1.53 bits per heavy atom. The fraction of sp³-hybridized carbons (Fsp3) is 0.462. The van der Waals surface area contributed by atoms with Crippen LogP contribution in [0.3, 0.4) is 0 Å². The van der Waals surface area contributed by atoms with E-state index in [1.165, 1.54) is 0 Å². The smallest absolute Gasteiger partial charge is 0.223 e. The third-order valence-corrected chi connectivity index (χ3v) is 2.88. The maximum atomic E-state index is 11.7. The highest BCUT2D eigenvalue weighted by molar-refractivity contribution is 6.30. The van der Waals surface area contributed by atoms with Gasteiger partial charge in [-0.3, -0.25) is 4.79 Å². The lowest BCUT2D eigenvalue weighted by atomic mass is 10.0. The van der Waals surface area contributed by atoms with Crippen LogP contribution in [0.15, 0.2) is 24.3 Å². The molecule has 0 aromatic heterocycles. The van der Waals surface area contributed by atoms with Crippen molar-refractivity contribution >= 4 is 17.5 Å². The van der Waals surface area contributed by atoms with Crippen LogP contribution in [0, 0.1) is 5.92 Å². The lowest BCUT2D eigenvalue weighted by molar-refractivity contribution is -0.124. The number of rotatable bonds is 6. The predicted molar refractivity (Wildman–Crippen MR) is 70.8 cm³/mol. The Balaban J connectivity index is 2.37. The molecule has 17 heavy (non-hydrogen) atoms. The summed E-state index contributed by atoms with van der Waals surface area (Å²) in [5.41, 5.74) is 6.42. The number of hydrogen-bond acceptors (Lipinski definition) is 2. The third-order valence-electron chi connectivity index (χ3n) is 2.64. The summed E-state index contributed by atoms with van der Waals surface area (Å²) in [7, 11) is 0. The maximum Gasteiger partial charge on any atom is 0.223 e. The molecule has 3 N–H and O–H groups in total. The van der Waals surface area contributed by atoms with Crippen LogP contribution in [0.5, 0.6) is 0 Å². The number of carbonyl (C=O) groups is 1. The second-order valence-electron chi connectivity index (χ2n) is 4.18. The molecule has 0 aliphatic rings. The highest BCUT2D eigenvalue weighted by Gasteiger charge is 2.11. The van der Waals surface area contributed by atoms with E-state index in [0.29, 0.717) is 18.1 Å². The summed E-state index contributed by atoms with van der Waals surface area (Å²) in [6, 6.07) is 7.49. The van der Waals surface area contributed by atoms with Crippen molar-refractivity contribution in [3.63, 3.8) is 0 Å². The molecule has 1 amide bonds. The summed E-state index contributed by atoms with van der Waals surface area (Å²) < 4.78 is 0. The molecule has 0 bridgehead atoms. The molecule has 1 atom stereocenters. The first kappa shape index (κ1) is 14.0. The van der Waals surface area contributed by atoms with Gasteiger partial charge in [-0.2, -0.15) is 0 Å². The summed E-state index contributed by atoms with van der Waals surface area (Å²) in [5.74, 6) is 0.0798. The molecule has 1 aromatic carbocycles. The summed E-state index contributed by atoms with van der Waals surface area (Å²) in [6.45, 7) is 3.07. The van der Waals surface area contributed by atoms with E-state index in [0.717, 1.165) is 18.4 Å². The van der Waals surface area contributed by atoms with Crippen molar-refractivity contribution in [2.45, 2.75) is 26.3 Å². The second kappa shape index (κ2) is 7.30. The lowest BCUT2D eigenvalue weighted by Crippen LogP contribution is -2.29. The SMILES string of the molecule is CC(CCCN)C(=O)NCc1cccc(Cl)c1. The number of benzene rings is 1. The van der Waals surface area contributed by atoms with Crippen LogP contribution < -0.4 is 11.1 Å². The average molecular weight is 255 g/mol. The molecular formula is C13H19ClN2O. The molecule has 0 spiro atoms. The normalized spacial score (nSPS) is 12.2. The second-order valence-corrected chi connectivity index (χ2v) is 4.62. The van der Waals surface area contributed by atoms with Gasteiger partial charge < -0.3 is 11.1 Å². The molecule has 1 aromatic rings. The van der Waals surface area contributed by atoms with Crippen molar-refractivity contribution in [2.75, 3.05) is 6.54 Å². The third kappa shape index (κ3) is 5.20. The molecule has 0 saturated carbocycles. The monoisotopic (exact) mass is 254 g/mol. The van der Waals surface area contributed by atoms with Crippen molar-refractivity contribution in [1.29, 1.82) is 0 Å². The van der Waals surface area contributed by atoms with Crippen molar-refractivity contribution < 1.29 is 4.79 Å². The minimum absolute atomic E-state index is 0.0118. The molecular weight excluding hydrogens is 236 g/mol. The number of carbonyl (C=O) groups excluding carboxylic acids is 1. The van der Waals surface area contributed by atoms with Crippen LogP contribution in [0.2, 0.25) is 5.02 Å². The van der Waals surface area contributed by atoms with Crippen LogP contribution in [0.1, 0.15) is 25.3 Å². The van der Waals surface area contributed by atoms with Crippen molar-refractivity contribution in [2.24, 2.45) is 11.7 Å². The Morgan fingerprint density at radius 2 is 2.29 bits per heavy atom. The zero-order valence-electron chi connectivity index (χ0n) is 10.1. The van der Waals surface area contributed by atoms with Gasteiger partial charge in [-0.25, -0.2) is 0 Å². The largest absolute Gasteiger partial charge is 0.352 e. The molecule has 94 valence electrons.